The predicted octanol–water partition coefficient (Wildman–Crippen LogP) is 3.68. The summed E-state index contributed by atoms with van der Waals surface area (Å²) in [7, 11) is 3.33. The van der Waals surface area contributed by atoms with Crippen LogP contribution in [0.4, 0.5) is 0 Å². The number of carbonyl (C=O) groups is 1. The average Bonchev–Trinajstić information content (AvgIpc) is 2.87. The van der Waals surface area contributed by atoms with Crippen LogP contribution in [0.15, 0.2) is 36.7 Å². The van der Waals surface area contributed by atoms with Crippen molar-refractivity contribution in [2.75, 3.05) is 7.11 Å². The Morgan fingerprint density at radius 2 is 2.00 bits per heavy atom. The molecule has 5 nitrogen and oxygen atoms in total. The molecule has 0 unspecified atom stereocenters. The zero-order valence-corrected chi connectivity index (χ0v) is 13.6. The van der Waals surface area contributed by atoms with Crippen LogP contribution < -0.4 is 0 Å². The van der Waals surface area contributed by atoms with Crippen LogP contribution in [0.3, 0.4) is 0 Å². The van der Waals surface area contributed by atoms with E-state index in [9.17, 15) is 9.90 Å². The molecule has 0 radical (unpaired) electrons. The van der Waals surface area contributed by atoms with E-state index in [0.29, 0.717) is 5.56 Å². The number of rotatable bonds is 1. The lowest BCUT2D eigenvalue weighted by Gasteiger charge is -2.11. The molecule has 1 N–H and O–H groups in total. The maximum Gasteiger partial charge on any atom is 0.339 e. The van der Waals surface area contributed by atoms with Gasteiger partial charge in [-0.3, -0.25) is 4.98 Å². The highest BCUT2D eigenvalue weighted by atomic mass is 16.5. The molecular weight excluding hydrogens is 304 g/mol. The summed E-state index contributed by atoms with van der Waals surface area (Å²) in [6, 6.07) is 7.10. The van der Waals surface area contributed by atoms with Gasteiger partial charge in [-0.1, -0.05) is 0 Å². The number of hydrogen-bond donors (Lipinski definition) is 1. The largest absolute Gasteiger partial charge is 0.508 e. The Morgan fingerprint density at radius 1 is 1.21 bits per heavy atom. The summed E-state index contributed by atoms with van der Waals surface area (Å²) in [4.78, 5) is 16.7. The van der Waals surface area contributed by atoms with Gasteiger partial charge in [-0.15, -0.1) is 0 Å². The fourth-order valence-electron chi connectivity index (χ4n) is 3.62. The number of carbonyl (C=O) groups excluding carboxylic acids is 1. The van der Waals surface area contributed by atoms with Gasteiger partial charge >= 0.3 is 5.97 Å². The molecule has 0 saturated carbocycles. The molecule has 4 aromatic rings. The number of phenols is 1. The van der Waals surface area contributed by atoms with Crippen LogP contribution in [-0.2, 0) is 11.8 Å². The number of methoxy groups -OCH3 is 1. The second-order valence-electron chi connectivity index (χ2n) is 5.90. The van der Waals surface area contributed by atoms with Gasteiger partial charge in [0.1, 0.15) is 5.75 Å². The van der Waals surface area contributed by atoms with Crippen LogP contribution >= 0.6 is 0 Å². The first-order valence-electron chi connectivity index (χ1n) is 7.60. The smallest absolute Gasteiger partial charge is 0.339 e. The lowest BCUT2D eigenvalue weighted by Crippen LogP contribution is -2.05. The van der Waals surface area contributed by atoms with Crippen LogP contribution in [0.2, 0.25) is 0 Å². The van der Waals surface area contributed by atoms with Gasteiger partial charge in [0.15, 0.2) is 0 Å². The molecule has 2 aromatic heterocycles. The highest BCUT2D eigenvalue weighted by Crippen LogP contribution is 2.39. The van der Waals surface area contributed by atoms with Gasteiger partial charge in [-0.2, -0.15) is 0 Å². The molecule has 4 rings (SSSR count). The molecule has 120 valence electrons. The Kier molecular flexibility index (Phi) is 3.00. The van der Waals surface area contributed by atoms with Crippen molar-refractivity contribution in [3.05, 3.63) is 47.8 Å². The summed E-state index contributed by atoms with van der Waals surface area (Å²) in [5, 5.41) is 13.3. The Labute approximate surface area is 138 Å². The molecule has 0 aliphatic heterocycles. The van der Waals surface area contributed by atoms with Crippen LogP contribution in [-0.4, -0.2) is 27.7 Å². The molecular formula is C19H16N2O3. The van der Waals surface area contributed by atoms with Gasteiger partial charge in [0, 0.05) is 41.1 Å². The van der Waals surface area contributed by atoms with Crippen molar-refractivity contribution in [2.24, 2.45) is 7.05 Å². The highest BCUT2D eigenvalue weighted by molar-refractivity contribution is 6.25. The zero-order valence-electron chi connectivity index (χ0n) is 13.6. The number of aromatic nitrogens is 2. The summed E-state index contributed by atoms with van der Waals surface area (Å²) < 4.78 is 7.09. The number of hydrogen-bond acceptors (Lipinski definition) is 4. The maximum atomic E-state index is 12.6. The molecule has 0 aliphatic carbocycles. The summed E-state index contributed by atoms with van der Waals surface area (Å²) in [6.45, 7) is 2.03. The molecule has 24 heavy (non-hydrogen) atoms. The predicted molar refractivity (Wildman–Crippen MR) is 93.5 cm³/mol. The summed E-state index contributed by atoms with van der Waals surface area (Å²) in [5.74, 6) is -0.247. The van der Waals surface area contributed by atoms with Gasteiger partial charge in [0.2, 0.25) is 0 Å². The fourth-order valence-corrected chi connectivity index (χ4v) is 3.62. The minimum atomic E-state index is -0.408. The number of fused-ring (bicyclic) bond motifs is 4. The first-order chi connectivity index (χ1) is 11.5. The van der Waals surface area contributed by atoms with Gasteiger partial charge in [-0.25, -0.2) is 4.79 Å². The van der Waals surface area contributed by atoms with E-state index in [0.717, 1.165) is 38.1 Å². The number of nitrogens with zero attached hydrogens (tertiary/aromatic N) is 2. The first kappa shape index (κ1) is 14.5. The second-order valence-corrected chi connectivity index (χ2v) is 5.90. The number of ether oxygens (including phenoxy) is 1. The van der Waals surface area contributed by atoms with Crippen molar-refractivity contribution in [3.8, 4) is 5.75 Å². The maximum absolute atomic E-state index is 12.6. The lowest BCUT2D eigenvalue weighted by molar-refractivity contribution is 0.0605. The van der Waals surface area contributed by atoms with Gasteiger partial charge < -0.3 is 14.4 Å². The van der Waals surface area contributed by atoms with Crippen molar-refractivity contribution < 1.29 is 14.6 Å². The highest BCUT2D eigenvalue weighted by Gasteiger charge is 2.23. The number of aryl methyl sites for hydroxylation is 2. The topological polar surface area (TPSA) is 64.3 Å². The third-order valence-electron chi connectivity index (χ3n) is 4.67. The Balaban J connectivity index is 2.40. The molecule has 5 heteroatoms. The SMILES string of the molecule is COC(=O)c1c2cnccc2c(C)c2c1c1cc(O)ccc1n2C. The molecule has 2 heterocycles. The van der Waals surface area contributed by atoms with Crippen molar-refractivity contribution in [3.63, 3.8) is 0 Å². The van der Waals surface area contributed by atoms with Crippen LogP contribution in [0.1, 0.15) is 15.9 Å². The van der Waals surface area contributed by atoms with E-state index in [-0.39, 0.29) is 5.75 Å². The standard InChI is InChI=1S/C19H16N2O3/c1-10-12-6-7-20-9-14(12)17(19(23)24-3)16-13-8-11(22)4-5-15(13)21(2)18(10)16/h4-9,22H,1-3H3. The quantitative estimate of drug-likeness (QED) is 0.543. The summed E-state index contributed by atoms with van der Waals surface area (Å²) in [6.07, 6.45) is 3.41. The molecule has 0 saturated heterocycles. The number of pyridine rings is 1. The van der Waals surface area contributed by atoms with Crippen molar-refractivity contribution >= 4 is 38.5 Å². The molecule has 0 fully saturated rings. The third-order valence-corrected chi connectivity index (χ3v) is 4.67. The Morgan fingerprint density at radius 3 is 2.75 bits per heavy atom. The van der Waals surface area contributed by atoms with E-state index in [1.165, 1.54) is 7.11 Å². The Hall–Kier alpha value is -3.08. The van der Waals surface area contributed by atoms with E-state index < -0.39 is 5.97 Å². The van der Waals surface area contributed by atoms with Crippen molar-refractivity contribution in [1.82, 2.24) is 9.55 Å². The van der Waals surface area contributed by atoms with E-state index >= 15 is 0 Å². The monoisotopic (exact) mass is 320 g/mol. The summed E-state index contributed by atoms with van der Waals surface area (Å²) in [5.41, 5.74) is 3.44. The van der Waals surface area contributed by atoms with E-state index in [4.69, 9.17) is 4.74 Å². The molecule has 0 spiro atoms. The first-order valence-corrected chi connectivity index (χ1v) is 7.60. The average molecular weight is 320 g/mol. The minimum absolute atomic E-state index is 0.162. The van der Waals surface area contributed by atoms with E-state index in [1.54, 1.807) is 24.5 Å². The molecule has 0 bridgehead atoms. The number of esters is 1. The van der Waals surface area contributed by atoms with Crippen LogP contribution in [0, 0.1) is 6.92 Å². The van der Waals surface area contributed by atoms with Gasteiger partial charge in [0.05, 0.1) is 18.2 Å². The molecule has 0 atom stereocenters. The number of phenolic OH excluding ortho intramolecular Hbond substituents is 1. The van der Waals surface area contributed by atoms with Crippen molar-refractivity contribution in [2.45, 2.75) is 6.92 Å². The second kappa shape index (κ2) is 4.96. The van der Waals surface area contributed by atoms with Crippen LogP contribution in [0.25, 0.3) is 32.6 Å². The molecule has 0 aliphatic rings. The lowest BCUT2D eigenvalue weighted by atomic mass is 9.96. The van der Waals surface area contributed by atoms with Crippen molar-refractivity contribution in [1.29, 1.82) is 0 Å². The number of benzene rings is 2. The van der Waals surface area contributed by atoms with Gasteiger partial charge in [-0.05, 0) is 42.1 Å². The normalized spacial score (nSPS) is 11.5. The van der Waals surface area contributed by atoms with E-state index in [2.05, 4.69) is 4.98 Å². The van der Waals surface area contributed by atoms with Gasteiger partial charge in [0.25, 0.3) is 0 Å². The van der Waals surface area contributed by atoms with E-state index in [1.807, 2.05) is 30.7 Å². The van der Waals surface area contributed by atoms with Crippen LogP contribution in [0.5, 0.6) is 5.75 Å². The number of aromatic hydroxyl groups is 1. The Bertz CT molecular complexity index is 1140. The minimum Gasteiger partial charge on any atom is -0.508 e. The zero-order chi connectivity index (χ0) is 17.0. The summed E-state index contributed by atoms with van der Waals surface area (Å²) >= 11 is 0. The fraction of sp³-hybridized carbons (Fsp3) is 0.158. The molecule has 2 aromatic carbocycles. The molecule has 0 amide bonds. The third kappa shape index (κ3) is 1.75.